The molecule has 35 heavy (non-hydrogen) atoms. The SMILES string of the molecule is Cc1cc(Nc2nc(NCCCCCO)nc(N3CCN(c4ccc(F)cc4)CC3)n2)ccc1Cl. The topological polar surface area (TPSA) is 89.4 Å². The normalized spacial score (nSPS) is 13.7. The number of nitrogens with zero attached hydrogens (tertiary/aromatic N) is 5. The number of benzene rings is 2. The molecule has 3 aromatic rings. The van der Waals surface area contributed by atoms with Crippen LogP contribution in [-0.4, -0.2) is 59.4 Å². The summed E-state index contributed by atoms with van der Waals surface area (Å²) in [5.41, 5.74) is 2.82. The van der Waals surface area contributed by atoms with Crippen LogP contribution in [0.1, 0.15) is 24.8 Å². The first-order chi connectivity index (χ1) is 17.0. The third kappa shape index (κ3) is 6.93. The van der Waals surface area contributed by atoms with Crippen molar-refractivity contribution < 1.29 is 9.50 Å². The average molecular weight is 500 g/mol. The van der Waals surface area contributed by atoms with Crippen molar-refractivity contribution in [3.05, 3.63) is 58.9 Å². The number of nitrogens with one attached hydrogen (secondary N) is 2. The lowest BCUT2D eigenvalue weighted by atomic mass is 10.2. The van der Waals surface area contributed by atoms with E-state index in [1.807, 2.05) is 37.3 Å². The Morgan fingerprint density at radius 2 is 1.63 bits per heavy atom. The standard InChI is InChI=1S/C25H31ClFN7O/c1-18-17-20(7-10-22(18)26)29-24-30-23(28-11-3-2-4-16-35)31-25(32-24)34-14-12-33(13-15-34)21-8-5-19(27)6-9-21/h5-10,17,35H,2-4,11-16H2,1H3,(H2,28,29,30,31,32). The van der Waals surface area contributed by atoms with Crippen LogP contribution in [-0.2, 0) is 0 Å². The van der Waals surface area contributed by atoms with Crippen molar-refractivity contribution in [2.45, 2.75) is 26.2 Å². The van der Waals surface area contributed by atoms with Crippen molar-refractivity contribution in [1.29, 1.82) is 0 Å². The summed E-state index contributed by atoms with van der Waals surface area (Å²) in [6.07, 6.45) is 2.63. The number of hydrogen-bond donors (Lipinski definition) is 3. The number of hydrogen-bond acceptors (Lipinski definition) is 8. The van der Waals surface area contributed by atoms with Crippen molar-refractivity contribution in [2.75, 3.05) is 59.8 Å². The zero-order chi connectivity index (χ0) is 24.6. The molecule has 0 unspecified atom stereocenters. The summed E-state index contributed by atoms with van der Waals surface area (Å²) < 4.78 is 13.3. The van der Waals surface area contributed by atoms with E-state index < -0.39 is 0 Å². The summed E-state index contributed by atoms with van der Waals surface area (Å²) in [5.74, 6) is 1.33. The number of unbranched alkanes of at least 4 members (excludes halogenated alkanes) is 2. The quantitative estimate of drug-likeness (QED) is 0.348. The van der Waals surface area contributed by atoms with Gasteiger partial charge >= 0.3 is 0 Å². The van der Waals surface area contributed by atoms with Gasteiger partial charge in [0.1, 0.15) is 5.82 Å². The maximum Gasteiger partial charge on any atom is 0.233 e. The highest BCUT2D eigenvalue weighted by Crippen LogP contribution is 2.24. The van der Waals surface area contributed by atoms with Crippen LogP contribution in [0.4, 0.5) is 33.6 Å². The number of aliphatic hydroxyl groups excluding tert-OH is 1. The molecule has 1 aliphatic rings. The Balaban J connectivity index is 1.48. The van der Waals surface area contributed by atoms with E-state index >= 15 is 0 Å². The lowest BCUT2D eigenvalue weighted by Crippen LogP contribution is -2.47. The van der Waals surface area contributed by atoms with Gasteiger partial charge < -0.3 is 25.5 Å². The molecule has 186 valence electrons. The van der Waals surface area contributed by atoms with Crippen LogP contribution in [0.5, 0.6) is 0 Å². The van der Waals surface area contributed by atoms with Crippen molar-refractivity contribution >= 4 is 40.8 Å². The fraction of sp³-hybridized carbons (Fsp3) is 0.400. The molecule has 0 amide bonds. The number of aliphatic hydroxyl groups is 1. The van der Waals surface area contributed by atoms with Gasteiger partial charge in [0, 0.05) is 55.7 Å². The number of aryl methyl sites for hydroxylation is 1. The summed E-state index contributed by atoms with van der Waals surface area (Å²) in [7, 11) is 0. The lowest BCUT2D eigenvalue weighted by molar-refractivity contribution is 0.283. The first-order valence-electron chi connectivity index (χ1n) is 11.9. The van der Waals surface area contributed by atoms with Crippen molar-refractivity contribution in [3.63, 3.8) is 0 Å². The molecule has 1 fully saturated rings. The van der Waals surface area contributed by atoms with Gasteiger partial charge in [-0.2, -0.15) is 15.0 Å². The lowest BCUT2D eigenvalue weighted by Gasteiger charge is -2.36. The zero-order valence-electron chi connectivity index (χ0n) is 19.8. The molecule has 0 saturated carbocycles. The van der Waals surface area contributed by atoms with E-state index in [4.69, 9.17) is 16.7 Å². The second kappa shape index (κ2) is 12.0. The van der Waals surface area contributed by atoms with Crippen molar-refractivity contribution in [2.24, 2.45) is 0 Å². The van der Waals surface area contributed by atoms with Crippen LogP contribution in [0, 0.1) is 12.7 Å². The predicted octanol–water partition coefficient (Wildman–Crippen LogP) is 4.62. The molecular weight excluding hydrogens is 469 g/mol. The number of aromatic nitrogens is 3. The third-order valence-electron chi connectivity index (χ3n) is 5.91. The second-order valence-electron chi connectivity index (χ2n) is 8.53. The Morgan fingerprint density at radius 1 is 0.914 bits per heavy atom. The van der Waals surface area contributed by atoms with E-state index in [-0.39, 0.29) is 12.4 Å². The molecule has 8 nitrogen and oxygen atoms in total. The Bertz CT molecular complexity index is 1110. The summed E-state index contributed by atoms with van der Waals surface area (Å²) >= 11 is 6.17. The van der Waals surface area contributed by atoms with Crippen LogP contribution in [0.25, 0.3) is 0 Å². The highest BCUT2D eigenvalue weighted by molar-refractivity contribution is 6.31. The Hall–Kier alpha value is -3.17. The molecule has 2 aromatic carbocycles. The molecule has 1 saturated heterocycles. The molecule has 0 spiro atoms. The zero-order valence-corrected chi connectivity index (χ0v) is 20.6. The first kappa shape index (κ1) is 24.9. The summed E-state index contributed by atoms with van der Waals surface area (Å²) in [6.45, 7) is 5.89. The average Bonchev–Trinajstić information content (AvgIpc) is 2.87. The maximum atomic E-state index is 13.3. The molecule has 0 aliphatic carbocycles. The highest BCUT2D eigenvalue weighted by atomic mass is 35.5. The first-order valence-corrected chi connectivity index (χ1v) is 12.3. The monoisotopic (exact) mass is 499 g/mol. The number of anilines is 5. The van der Waals surface area contributed by atoms with Crippen molar-refractivity contribution in [1.82, 2.24) is 15.0 Å². The van der Waals surface area contributed by atoms with E-state index in [1.165, 1.54) is 12.1 Å². The molecule has 1 aliphatic heterocycles. The Kier molecular flexibility index (Phi) is 8.54. The smallest absolute Gasteiger partial charge is 0.233 e. The molecular formula is C25H31ClFN7O. The minimum atomic E-state index is -0.232. The van der Waals surface area contributed by atoms with E-state index in [0.717, 1.165) is 62.4 Å². The summed E-state index contributed by atoms with van der Waals surface area (Å²) in [6, 6.07) is 12.3. The fourth-order valence-electron chi connectivity index (χ4n) is 3.92. The van der Waals surface area contributed by atoms with Crippen molar-refractivity contribution in [3.8, 4) is 0 Å². The molecule has 10 heteroatoms. The maximum absolute atomic E-state index is 13.3. The van der Waals surface area contributed by atoms with Gasteiger partial charge in [-0.05, 0) is 74.2 Å². The number of halogens is 2. The third-order valence-corrected chi connectivity index (χ3v) is 6.33. The van der Waals surface area contributed by atoms with Gasteiger partial charge in [-0.25, -0.2) is 4.39 Å². The highest BCUT2D eigenvalue weighted by Gasteiger charge is 2.21. The number of piperazine rings is 1. The largest absolute Gasteiger partial charge is 0.396 e. The van der Waals surface area contributed by atoms with Crippen LogP contribution in [0.3, 0.4) is 0 Å². The molecule has 0 radical (unpaired) electrons. The minimum absolute atomic E-state index is 0.203. The van der Waals surface area contributed by atoms with Crippen LogP contribution in [0.15, 0.2) is 42.5 Å². The van der Waals surface area contributed by atoms with Crippen LogP contribution >= 0.6 is 11.6 Å². The summed E-state index contributed by atoms with van der Waals surface area (Å²) in [4.78, 5) is 18.3. The molecule has 0 atom stereocenters. The fourth-order valence-corrected chi connectivity index (χ4v) is 4.04. The van der Waals surface area contributed by atoms with Gasteiger partial charge in [-0.3, -0.25) is 0 Å². The summed E-state index contributed by atoms with van der Waals surface area (Å²) in [5, 5.41) is 16.3. The van der Waals surface area contributed by atoms with Gasteiger partial charge in [0.15, 0.2) is 0 Å². The van der Waals surface area contributed by atoms with Gasteiger partial charge in [0.25, 0.3) is 0 Å². The van der Waals surface area contributed by atoms with Gasteiger partial charge in [-0.15, -0.1) is 0 Å². The second-order valence-corrected chi connectivity index (χ2v) is 8.94. The van der Waals surface area contributed by atoms with Gasteiger partial charge in [-0.1, -0.05) is 11.6 Å². The Labute approximate surface area is 210 Å². The van der Waals surface area contributed by atoms with Crippen LogP contribution < -0.4 is 20.4 Å². The molecule has 4 rings (SSSR count). The molecule has 1 aromatic heterocycles. The van der Waals surface area contributed by atoms with Crippen LogP contribution in [0.2, 0.25) is 5.02 Å². The van der Waals surface area contributed by atoms with E-state index in [2.05, 4.69) is 35.4 Å². The predicted molar refractivity (Wildman–Crippen MR) is 140 cm³/mol. The molecule has 2 heterocycles. The van der Waals surface area contributed by atoms with Gasteiger partial charge in [0.05, 0.1) is 0 Å². The van der Waals surface area contributed by atoms with Gasteiger partial charge in [0.2, 0.25) is 17.8 Å². The molecule has 0 bridgehead atoms. The Morgan fingerprint density at radius 3 is 2.34 bits per heavy atom. The van der Waals surface area contributed by atoms with E-state index in [9.17, 15) is 4.39 Å². The van der Waals surface area contributed by atoms with E-state index in [1.54, 1.807) is 0 Å². The minimum Gasteiger partial charge on any atom is -0.396 e. The molecule has 3 N–H and O–H groups in total. The number of rotatable bonds is 10. The van der Waals surface area contributed by atoms with E-state index in [0.29, 0.717) is 29.4 Å².